The number of halogens is 1. The number of hydrogen-bond donors (Lipinski definition) is 2. The first-order valence-corrected chi connectivity index (χ1v) is 20.0. The molecule has 1 spiro atoms. The molecule has 4 atom stereocenters. The number of carbonyl (C=O) groups is 1. The summed E-state index contributed by atoms with van der Waals surface area (Å²) in [5.41, 5.74) is 4.51. The summed E-state index contributed by atoms with van der Waals surface area (Å²) in [6, 6.07) is 13.9. The number of rotatable bonds is 13. The highest BCUT2D eigenvalue weighted by atomic mass is 35.5. The number of anilines is 1. The molecule has 1 saturated carbocycles. The summed E-state index contributed by atoms with van der Waals surface area (Å²) in [6.45, 7) is 8.10. The Hall–Kier alpha value is -3.53. The van der Waals surface area contributed by atoms with Crippen LogP contribution in [0.5, 0.6) is 17.2 Å². The molecular formula is C43H56ClN3O6. The zero-order valence-corrected chi connectivity index (χ0v) is 32.6. The quantitative estimate of drug-likeness (QED) is 0.179. The maximum absolute atomic E-state index is 13.1. The van der Waals surface area contributed by atoms with Gasteiger partial charge < -0.3 is 34.3 Å². The molecule has 2 heterocycles. The Morgan fingerprint density at radius 3 is 2.75 bits per heavy atom. The van der Waals surface area contributed by atoms with Gasteiger partial charge >= 0.3 is 5.97 Å². The molecule has 1 aliphatic heterocycles. The number of carboxylic acid groups (broad SMARTS) is 1. The van der Waals surface area contributed by atoms with Crippen molar-refractivity contribution in [3.63, 3.8) is 0 Å². The number of nitrogens with zero attached hydrogens (tertiary/aromatic N) is 2. The van der Waals surface area contributed by atoms with Crippen LogP contribution in [0.4, 0.5) is 5.69 Å². The van der Waals surface area contributed by atoms with Gasteiger partial charge in [0.1, 0.15) is 17.4 Å². The molecule has 2 aromatic carbocycles. The fourth-order valence-electron chi connectivity index (χ4n) is 9.67. The van der Waals surface area contributed by atoms with Gasteiger partial charge in [0.2, 0.25) is 0 Å². The highest BCUT2D eigenvalue weighted by Gasteiger charge is 2.54. The van der Waals surface area contributed by atoms with Gasteiger partial charge in [0.25, 0.3) is 0 Å². The van der Waals surface area contributed by atoms with Crippen molar-refractivity contribution in [3.8, 4) is 17.2 Å². The molecule has 4 aliphatic rings. The van der Waals surface area contributed by atoms with Gasteiger partial charge in [-0.25, -0.2) is 4.79 Å². The van der Waals surface area contributed by atoms with Crippen molar-refractivity contribution >= 4 is 23.3 Å². The van der Waals surface area contributed by atoms with E-state index in [4.69, 9.17) is 30.5 Å². The minimum atomic E-state index is -1.09. The fraction of sp³-hybridized carbons (Fsp3) is 0.581. The molecule has 7 rings (SSSR count). The van der Waals surface area contributed by atoms with Crippen LogP contribution in [0.3, 0.4) is 0 Å². The number of carboxylic acids is 1. The lowest BCUT2D eigenvalue weighted by Gasteiger charge is -2.47. The van der Waals surface area contributed by atoms with Crippen molar-refractivity contribution in [2.45, 2.75) is 101 Å². The number of pyridine rings is 1. The van der Waals surface area contributed by atoms with Gasteiger partial charge in [-0.2, -0.15) is 0 Å². The second-order valence-corrected chi connectivity index (χ2v) is 16.7. The van der Waals surface area contributed by atoms with Gasteiger partial charge in [-0.3, -0.25) is 4.98 Å². The first-order chi connectivity index (χ1) is 25.6. The zero-order chi connectivity index (χ0) is 37.2. The third-order valence-electron chi connectivity index (χ3n) is 12.5. The third kappa shape index (κ3) is 7.99. The van der Waals surface area contributed by atoms with Gasteiger partial charge in [-0.15, -0.1) is 0 Å². The van der Waals surface area contributed by atoms with Crippen molar-refractivity contribution in [3.05, 3.63) is 76.1 Å². The first kappa shape index (κ1) is 37.8. The number of nitrogens with one attached hydrogen (secondary N) is 1. The minimum Gasteiger partial charge on any atom is -0.493 e. The summed E-state index contributed by atoms with van der Waals surface area (Å²) in [4.78, 5) is 20.0. The van der Waals surface area contributed by atoms with Crippen LogP contribution in [0.25, 0.3) is 0 Å². The lowest BCUT2D eigenvalue weighted by atomic mass is 9.59. The monoisotopic (exact) mass is 745 g/mol. The average Bonchev–Trinajstić information content (AvgIpc) is 3.26. The predicted octanol–water partition coefficient (Wildman–Crippen LogP) is 8.31. The average molecular weight is 746 g/mol. The number of fused-ring (bicyclic) bond motifs is 4. The van der Waals surface area contributed by atoms with Crippen LogP contribution in [-0.2, 0) is 27.8 Å². The number of ether oxygens (including phenoxy) is 4. The van der Waals surface area contributed by atoms with Gasteiger partial charge in [0, 0.05) is 54.8 Å². The van der Waals surface area contributed by atoms with Crippen molar-refractivity contribution in [1.29, 1.82) is 0 Å². The van der Waals surface area contributed by atoms with E-state index in [-0.39, 0.29) is 11.5 Å². The molecule has 53 heavy (non-hydrogen) atoms. The molecule has 0 amide bonds. The van der Waals surface area contributed by atoms with Gasteiger partial charge in [-0.1, -0.05) is 31.5 Å². The number of aromatic nitrogens is 1. The second-order valence-electron chi connectivity index (χ2n) is 16.3. The molecule has 0 radical (unpaired) electrons. The summed E-state index contributed by atoms with van der Waals surface area (Å²) in [5.74, 6) is 2.84. The maximum atomic E-state index is 13.1. The van der Waals surface area contributed by atoms with E-state index in [9.17, 15) is 9.90 Å². The number of aliphatic carboxylic acids is 1. The summed E-state index contributed by atoms with van der Waals surface area (Å²) < 4.78 is 25.0. The number of aryl methyl sites for hydroxylation is 1. The molecule has 286 valence electrons. The smallest absolute Gasteiger partial charge is 0.329 e. The summed E-state index contributed by atoms with van der Waals surface area (Å²) in [7, 11) is 3.82. The minimum absolute atomic E-state index is 0.00367. The molecule has 2 N–H and O–H groups in total. The Bertz CT molecular complexity index is 1760. The van der Waals surface area contributed by atoms with Crippen LogP contribution in [0.2, 0.25) is 5.02 Å². The third-order valence-corrected chi connectivity index (χ3v) is 12.8. The van der Waals surface area contributed by atoms with Crippen LogP contribution in [0, 0.1) is 11.8 Å². The normalized spacial score (nSPS) is 26.8. The standard InChI is InChI=1S/C43H56ClN3O6/c1-28(27-52-37-11-17-45-36-10-5-7-29(2)40(36)37)21-31-22-30-23-38-39(53-34(12-19-51-38)26-47(3)18-20-50-4)25-35(30)42(31)13-15-43(16-14-42,41(48)49)46-33-9-6-8-32(44)24-33/h6,8-9,11,17,23-25,28-29,31,34,46H,5,7,10,12-16,18-22,26-27H2,1-4H3,(H,48,49)/t28-,29-,31+,34+,42?,43?/m1/s1. The number of likely N-dealkylation sites (N-methyl/N-ethyl adjacent to an activating group) is 1. The van der Waals surface area contributed by atoms with Crippen molar-refractivity contribution in [1.82, 2.24) is 9.88 Å². The lowest BCUT2D eigenvalue weighted by molar-refractivity contribution is -0.144. The molecule has 10 heteroatoms. The molecule has 0 bridgehead atoms. The highest BCUT2D eigenvalue weighted by molar-refractivity contribution is 6.30. The van der Waals surface area contributed by atoms with Crippen LogP contribution in [0.15, 0.2) is 48.7 Å². The molecule has 1 aromatic heterocycles. The number of hydrogen-bond acceptors (Lipinski definition) is 8. The van der Waals surface area contributed by atoms with Crippen molar-refractivity contribution < 1.29 is 28.8 Å². The molecule has 3 aliphatic carbocycles. The van der Waals surface area contributed by atoms with E-state index in [0.717, 1.165) is 74.6 Å². The first-order valence-electron chi connectivity index (χ1n) is 19.6. The van der Waals surface area contributed by atoms with Crippen molar-refractivity contribution in [2.75, 3.05) is 52.4 Å². The topological polar surface area (TPSA) is 102 Å². The van der Waals surface area contributed by atoms with E-state index in [1.165, 1.54) is 35.2 Å². The SMILES string of the molecule is COCCN(C)C[C@@H]1CCOc2cc3c(cc2O1)C1(CCC(Nc2cccc(Cl)c2)(C(=O)O)CC1)[C@@H](C[C@@H](C)COc1ccnc2c1[C@H](C)CCC2)C3. The van der Waals surface area contributed by atoms with Crippen LogP contribution in [-0.4, -0.2) is 79.7 Å². The summed E-state index contributed by atoms with van der Waals surface area (Å²) >= 11 is 6.32. The van der Waals surface area contributed by atoms with E-state index < -0.39 is 11.5 Å². The fourth-order valence-corrected chi connectivity index (χ4v) is 9.86. The lowest BCUT2D eigenvalue weighted by Crippen LogP contribution is -2.53. The Morgan fingerprint density at radius 1 is 1.15 bits per heavy atom. The maximum Gasteiger partial charge on any atom is 0.329 e. The van der Waals surface area contributed by atoms with E-state index in [0.29, 0.717) is 55.4 Å². The van der Waals surface area contributed by atoms with Crippen LogP contribution >= 0.6 is 11.6 Å². The van der Waals surface area contributed by atoms with E-state index >= 15 is 0 Å². The number of methoxy groups -OCH3 is 1. The summed E-state index contributed by atoms with van der Waals surface area (Å²) in [6.07, 6.45) is 10.4. The summed E-state index contributed by atoms with van der Waals surface area (Å²) in [5, 5.41) is 14.7. The Morgan fingerprint density at radius 2 is 1.98 bits per heavy atom. The van der Waals surface area contributed by atoms with E-state index in [2.05, 4.69) is 48.2 Å². The Balaban J connectivity index is 1.15. The Labute approximate surface area is 319 Å². The van der Waals surface area contributed by atoms with Crippen LogP contribution in [0.1, 0.15) is 93.5 Å². The molecule has 1 fully saturated rings. The largest absolute Gasteiger partial charge is 0.493 e. The molecular weight excluding hydrogens is 690 g/mol. The van der Waals surface area contributed by atoms with Crippen molar-refractivity contribution in [2.24, 2.45) is 11.8 Å². The molecule has 0 unspecified atom stereocenters. The van der Waals surface area contributed by atoms with E-state index in [1.54, 1.807) is 7.11 Å². The second kappa shape index (κ2) is 16.1. The van der Waals surface area contributed by atoms with Gasteiger partial charge in [0.05, 0.1) is 19.8 Å². The van der Waals surface area contributed by atoms with E-state index in [1.807, 2.05) is 36.5 Å². The highest BCUT2D eigenvalue weighted by Crippen LogP contribution is 2.58. The molecule has 3 aromatic rings. The number of benzene rings is 2. The predicted molar refractivity (Wildman–Crippen MR) is 208 cm³/mol. The molecule has 0 saturated heterocycles. The molecule has 9 nitrogen and oxygen atoms in total. The zero-order valence-electron chi connectivity index (χ0n) is 31.8. The Kier molecular flexibility index (Phi) is 11.4. The van der Waals surface area contributed by atoms with Gasteiger partial charge in [0.15, 0.2) is 11.5 Å². The van der Waals surface area contributed by atoms with Crippen LogP contribution < -0.4 is 19.5 Å². The van der Waals surface area contributed by atoms with Gasteiger partial charge in [-0.05, 0) is 136 Å².